The average molecular weight is 370 g/mol. The number of benzene rings is 1. The monoisotopic (exact) mass is 370 g/mol. The topological polar surface area (TPSA) is 91.4 Å². The van der Waals surface area contributed by atoms with Gasteiger partial charge in [0.1, 0.15) is 10.9 Å². The molecule has 0 aliphatic carbocycles. The summed E-state index contributed by atoms with van der Waals surface area (Å²) in [5.74, 6) is -6.87. The molecule has 1 unspecified atom stereocenters. The zero-order chi connectivity index (χ0) is 19.3. The Balaban J connectivity index is 2.63. The molecule has 2 aromatic rings. The molecular formula is C16H13F3N2O5. The summed E-state index contributed by atoms with van der Waals surface area (Å²) in [6, 6.07) is -0.486. The first-order valence-electron chi connectivity index (χ1n) is 7.81. The Hall–Kier alpha value is -2.91. The number of rotatable bonds is 3. The molecule has 0 spiro atoms. The summed E-state index contributed by atoms with van der Waals surface area (Å²) < 4.78 is 48.4. The minimum Gasteiger partial charge on any atom is -0.462 e. The molecule has 1 aromatic heterocycles. The van der Waals surface area contributed by atoms with Gasteiger partial charge in [0.15, 0.2) is 5.82 Å². The Labute approximate surface area is 144 Å². The number of carbonyl (C=O) groups is 1. The maximum atomic E-state index is 14.5. The van der Waals surface area contributed by atoms with E-state index in [1.54, 1.807) is 6.92 Å². The van der Waals surface area contributed by atoms with E-state index in [0.717, 1.165) is 4.57 Å². The van der Waals surface area contributed by atoms with Crippen LogP contribution in [0.2, 0.25) is 0 Å². The lowest BCUT2D eigenvalue weighted by atomic mass is 10.0. The highest BCUT2D eigenvalue weighted by molar-refractivity contribution is 5.98. The molecule has 0 fully saturated rings. The van der Waals surface area contributed by atoms with Gasteiger partial charge >= 0.3 is 11.7 Å². The Morgan fingerprint density at radius 2 is 1.96 bits per heavy atom. The number of ether oxygens (including phenoxy) is 1. The van der Waals surface area contributed by atoms with Gasteiger partial charge in [-0.25, -0.2) is 13.6 Å². The van der Waals surface area contributed by atoms with E-state index in [4.69, 9.17) is 4.74 Å². The fraction of sp³-hybridized carbons (Fsp3) is 0.375. The smallest absolute Gasteiger partial charge is 0.343 e. The second-order valence-corrected chi connectivity index (χ2v) is 5.90. The van der Waals surface area contributed by atoms with E-state index in [1.165, 1.54) is 6.92 Å². The molecule has 0 saturated heterocycles. The molecule has 138 valence electrons. The second kappa shape index (κ2) is 6.11. The third-order valence-corrected chi connectivity index (χ3v) is 4.45. The van der Waals surface area contributed by atoms with Gasteiger partial charge in [-0.05, 0) is 26.7 Å². The van der Waals surface area contributed by atoms with Crippen molar-refractivity contribution in [1.29, 1.82) is 0 Å². The lowest BCUT2D eigenvalue weighted by Gasteiger charge is -2.18. The standard InChI is InChI=1S/C16H13F3N2O5/c1-3-26-16(23)8-7-5-4-6(2)20(7)13-9(15(8)22)14(21(24)25)12(19)10(17)11(13)18/h6H,3-5H2,1-2H3. The van der Waals surface area contributed by atoms with Crippen LogP contribution in [0.5, 0.6) is 0 Å². The van der Waals surface area contributed by atoms with Crippen molar-refractivity contribution in [2.45, 2.75) is 32.7 Å². The van der Waals surface area contributed by atoms with Crippen molar-refractivity contribution in [2.75, 3.05) is 6.61 Å². The van der Waals surface area contributed by atoms with Crippen LogP contribution in [-0.4, -0.2) is 22.1 Å². The fourth-order valence-electron chi connectivity index (χ4n) is 3.38. The molecule has 1 aliphatic heterocycles. The lowest BCUT2D eigenvalue weighted by molar-refractivity contribution is -0.386. The first kappa shape index (κ1) is 17.9. The lowest BCUT2D eigenvalue weighted by Crippen LogP contribution is -2.26. The minimum atomic E-state index is -2.09. The van der Waals surface area contributed by atoms with Crippen LogP contribution < -0.4 is 5.43 Å². The van der Waals surface area contributed by atoms with Gasteiger partial charge < -0.3 is 9.30 Å². The SMILES string of the molecule is CCOC(=O)c1c2n(c3c(F)c(F)c(F)c([N+](=O)[O-])c3c1=O)C(C)CC2. The first-order valence-corrected chi connectivity index (χ1v) is 7.81. The highest BCUT2D eigenvalue weighted by Crippen LogP contribution is 2.38. The van der Waals surface area contributed by atoms with Gasteiger partial charge in [0, 0.05) is 11.7 Å². The van der Waals surface area contributed by atoms with Gasteiger partial charge in [0.05, 0.1) is 17.0 Å². The third-order valence-electron chi connectivity index (χ3n) is 4.45. The van der Waals surface area contributed by atoms with E-state index < -0.39 is 62.0 Å². The quantitative estimate of drug-likeness (QED) is 0.358. The molecule has 7 nitrogen and oxygen atoms in total. The number of carbonyl (C=O) groups excluding carboxylic acids is 1. The molecule has 2 heterocycles. The molecule has 3 rings (SSSR count). The van der Waals surface area contributed by atoms with Crippen molar-refractivity contribution in [3.8, 4) is 0 Å². The maximum Gasteiger partial charge on any atom is 0.343 e. The summed E-state index contributed by atoms with van der Waals surface area (Å²) in [6.07, 6.45) is 0.573. The van der Waals surface area contributed by atoms with E-state index in [-0.39, 0.29) is 18.7 Å². The van der Waals surface area contributed by atoms with Crippen molar-refractivity contribution in [3.05, 3.63) is 49.0 Å². The van der Waals surface area contributed by atoms with Crippen molar-refractivity contribution < 1.29 is 27.6 Å². The molecule has 1 atom stereocenters. The molecule has 10 heteroatoms. The summed E-state index contributed by atoms with van der Waals surface area (Å²) in [7, 11) is 0. The number of pyridine rings is 1. The Morgan fingerprint density at radius 3 is 2.54 bits per heavy atom. The van der Waals surface area contributed by atoms with E-state index in [1.807, 2.05) is 0 Å². The molecule has 0 bridgehead atoms. The maximum absolute atomic E-state index is 14.5. The average Bonchev–Trinajstić information content (AvgIpc) is 2.94. The van der Waals surface area contributed by atoms with Gasteiger partial charge in [-0.1, -0.05) is 0 Å². The van der Waals surface area contributed by atoms with Crippen LogP contribution in [0.25, 0.3) is 10.9 Å². The van der Waals surface area contributed by atoms with Crippen LogP contribution in [-0.2, 0) is 11.2 Å². The predicted molar refractivity (Wildman–Crippen MR) is 83.7 cm³/mol. The van der Waals surface area contributed by atoms with E-state index >= 15 is 0 Å². The minimum absolute atomic E-state index is 0.0699. The molecule has 0 radical (unpaired) electrons. The summed E-state index contributed by atoms with van der Waals surface area (Å²) in [6.45, 7) is 3.04. The van der Waals surface area contributed by atoms with Gasteiger partial charge in [-0.3, -0.25) is 14.9 Å². The molecule has 1 aliphatic rings. The number of nitrogens with zero attached hydrogens (tertiary/aromatic N) is 2. The van der Waals surface area contributed by atoms with Crippen LogP contribution in [0.1, 0.15) is 42.4 Å². The summed E-state index contributed by atoms with van der Waals surface area (Å²) >= 11 is 0. The number of aromatic nitrogens is 1. The molecule has 1 aromatic carbocycles. The predicted octanol–water partition coefficient (Wildman–Crippen LogP) is 3.01. The zero-order valence-electron chi connectivity index (χ0n) is 13.8. The van der Waals surface area contributed by atoms with Crippen molar-refractivity contribution in [2.24, 2.45) is 0 Å². The highest BCUT2D eigenvalue weighted by atomic mass is 19.2. The van der Waals surface area contributed by atoms with Gasteiger partial charge in [-0.2, -0.15) is 4.39 Å². The normalized spacial score (nSPS) is 16.0. The molecule has 0 N–H and O–H groups in total. The Kier molecular flexibility index (Phi) is 4.21. The van der Waals surface area contributed by atoms with E-state index in [9.17, 15) is 32.9 Å². The molecule has 0 saturated carbocycles. The highest BCUT2D eigenvalue weighted by Gasteiger charge is 2.37. The largest absolute Gasteiger partial charge is 0.462 e. The second-order valence-electron chi connectivity index (χ2n) is 5.90. The fourth-order valence-corrected chi connectivity index (χ4v) is 3.38. The Morgan fingerprint density at radius 1 is 1.31 bits per heavy atom. The molecule has 26 heavy (non-hydrogen) atoms. The van der Waals surface area contributed by atoms with Crippen LogP contribution in [0.15, 0.2) is 4.79 Å². The van der Waals surface area contributed by atoms with Crippen LogP contribution >= 0.6 is 0 Å². The summed E-state index contributed by atoms with van der Waals surface area (Å²) in [4.78, 5) is 35.0. The van der Waals surface area contributed by atoms with E-state index in [2.05, 4.69) is 0 Å². The van der Waals surface area contributed by atoms with Crippen molar-refractivity contribution >= 4 is 22.6 Å². The third kappa shape index (κ3) is 2.28. The van der Waals surface area contributed by atoms with Gasteiger partial charge in [0.2, 0.25) is 17.1 Å². The van der Waals surface area contributed by atoms with Crippen LogP contribution in [0.4, 0.5) is 18.9 Å². The number of hydrogen-bond acceptors (Lipinski definition) is 5. The zero-order valence-corrected chi connectivity index (χ0v) is 13.8. The number of fused-ring (bicyclic) bond motifs is 3. The number of hydrogen-bond donors (Lipinski definition) is 0. The summed E-state index contributed by atoms with van der Waals surface area (Å²) in [5.41, 5.74) is -3.88. The van der Waals surface area contributed by atoms with Crippen molar-refractivity contribution in [1.82, 2.24) is 4.57 Å². The number of halogens is 3. The number of esters is 1. The van der Waals surface area contributed by atoms with Gasteiger partial charge in [0.25, 0.3) is 0 Å². The molecular weight excluding hydrogens is 357 g/mol. The summed E-state index contributed by atoms with van der Waals surface area (Å²) in [5, 5.41) is 10.3. The Bertz CT molecular complexity index is 1030. The van der Waals surface area contributed by atoms with E-state index in [0.29, 0.717) is 6.42 Å². The number of nitro benzene ring substituents is 1. The first-order chi connectivity index (χ1) is 12.2. The van der Waals surface area contributed by atoms with Crippen LogP contribution in [0, 0.1) is 27.6 Å². The molecule has 0 amide bonds. The number of nitro groups is 1. The van der Waals surface area contributed by atoms with Crippen LogP contribution in [0.3, 0.4) is 0 Å². The van der Waals surface area contributed by atoms with Gasteiger partial charge in [-0.15, -0.1) is 0 Å². The van der Waals surface area contributed by atoms with Crippen molar-refractivity contribution in [3.63, 3.8) is 0 Å².